The van der Waals surface area contributed by atoms with Gasteiger partial charge in [-0.15, -0.1) is 0 Å². The first-order chi connectivity index (χ1) is 12.3. The number of nitrogens with one attached hydrogen (secondary N) is 1. The van der Waals surface area contributed by atoms with Gasteiger partial charge in [0.05, 0.1) is 0 Å². The van der Waals surface area contributed by atoms with E-state index in [1.54, 1.807) is 0 Å². The standard InChI is InChI=1S/C9H10.C9H14.C7H11N/c1-8(2)9-6-4-3-5-7-9;1-5-6-7-9(4)8(2)3;1-6-3-4-8-7(2)5-6/h3-7H,1H2,2H3;5-7H,2H2,1,3-4H3;3,5,8H,4H2,1-2H3/b;6-5-,9-7-;. The Morgan fingerprint density at radius 3 is 2.00 bits per heavy atom. The highest BCUT2D eigenvalue weighted by molar-refractivity contribution is 5.60. The second-order valence-electron chi connectivity index (χ2n) is 6.46. The molecule has 0 bridgehead atoms. The first-order valence-corrected chi connectivity index (χ1v) is 9.03. The van der Waals surface area contributed by atoms with Crippen LogP contribution in [0.1, 0.15) is 47.1 Å². The minimum absolute atomic E-state index is 0.994. The predicted molar refractivity (Wildman–Crippen MR) is 120 cm³/mol. The van der Waals surface area contributed by atoms with Gasteiger partial charge in [-0.05, 0) is 58.8 Å². The summed E-state index contributed by atoms with van der Waals surface area (Å²) in [5, 5.41) is 3.20. The van der Waals surface area contributed by atoms with Crippen LogP contribution in [0.25, 0.3) is 5.57 Å². The second kappa shape index (κ2) is 13.7. The van der Waals surface area contributed by atoms with E-state index in [0.717, 1.165) is 17.7 Å². The van der Waals surface area contributed by atoms with Crippen LogP contribution in [0.4, 0.5) is 0 Å². The Bertz CT molecular complexity index is 682. The molecule has 2 rings (SSSR count). The van der Waals surface area contributed by atoms with Crippen LogP contribution in [0.5, 0.6) is 0 Å². The van der Waals surface area contributed by atoms with Crippen molar-refractivity contribution in [3.63, 3.8) is 0 Å². The van der Waals surface area contributed by atoms with Gasteiger partial charge in [0.2, 0.25) is 0 Å². The topological polar surface area (TPSA) is 12.0 Å². The zero-order valence-electron chi connectivity index (χ0n) is 17.4. The first kappa shape index (κ1) is 23.5. The fourth-order valence-electron chi connectivity index (χ4n) is 1.93. The third-order valence-corrected chi connectivity index (χ3v) is 3.73. The molecule has 0 aliphatic carbocycles. The van der Waals surface area contributed by atoms with Crippen molar-refractivity contribution in [2.45, 2.75) is 41.5 Å². The van der Waals surface area contributed by atoms with Gasteiger partial charge in [-0.3, -0.25) is 0 Å². The van der Waals surface area contributed by atoms with Crippen LogP contribution in [0, 0.1) is 0 Å². The number of allylic oxidation sites excluding steroid dienone is 9. The van der Waals surface area contributed by atoms with Gasteiger partial charge in [-0.2, -0.15) is 0 Å². The average molecular weight is 350 g/mol. The van der Waals surface area contributed by atoms with Gasteiger partial charge in [0.15, 0.2) is 0 Å². The maximum Gasteiger partial charge on any atom is 0.0333 e. The van der Waals surface area contributed by atoms with Crippen molar-refractivity contribution in [2.24, 2.45) is 0 Å². The predicted octanol–water partition coefficient (Wildman–Crippen LogP) is 7.24. The Kier molecular flexibility index (Phi) is 12.4. The number of hydrogen-bond acceptors (Lipinski definition) is 1. The zero-order chi connectivity index (χ0) is 19.9. The van der Waals surface area contributed by atoms with E-state index in [9.17, 15) is 0 Å². The van der Waals surface area contributed by atoms with E-state index in [-0.39, 0.29) is 0 Å². The van der Waals surface area contributed by atoms with Gasteiger partial charge < -0.3 is 5.32 Å². The minimum Gasteiger partial charge on any atom is -0.385 e. The third kappa shape index (κ3) is 11.9. The Labute approximate surface area is 161 Å². The molecular weight excluding hydrogens is 314 g/mol. The van der Waals surface area contributed by atoms with Crippen LogP contribution in [0.15, 0.2) is 96.3 Å². The highest BCUT2D eigenvalue weighted by Crippen LogP contribution is 2.08. The van der Waals surface area contributed by atoms with Crippen molar-refractivity contribution in [1.29, 1.82) is 0 Å². The molecule has 0 fully saturated rings. The Balaban J connectivity index is 0.000000361. The molecule has 1 aromatic carbocycles. The van der Waals surface area contributed by atoms with Crippen LogP contribution in [-0.4, -0.2) is 6.54 Å². The maximum absolute atomic E-state index is 3.83. The average Bonchev–Trinajstić information content (AvgIpc) is 2.61. The van der Waals surface area contributed by atoms with E-state index < -0.39 is 0 Å². The lowest BCUT2D eigenvalue weighted by Crippen LogP contribution is -2.13. The van der Waals surface area contributed by atoms with Crippen LogP contribution in [-0.2, 0) is 0 Å². The lowest BCUT2D eigenvalue weighted by molar-refractivity contribution is 0.880. The van der Waals surface area contributed by atoms with Gasteiger partial charge in [0, 0.05) is 12.2 Å². The molecule has 1 aliphatic rings. The quantitative estimate of drug-likeness (QED) is 0.567. The van der Waals surface area contributed by atoms with E-state index in [2.05, 4.69) is 69.6 Å². The summed E-state index contributed by atoms with van der Waals surface area (Å²) in [5.41, 5.74) is 7.35. The SMILES string of the molecule is C=C(C)/C(C)=C\C=C/C.C=C(C)c1ccccc1.CC1=CCNC(C)=C1. The molecule has 1 nitrogen and oxygen atoms in total. The number of dihydropyridines is 1. The first-order valence-electron chi connectivity index (χ1n) is 9.03. The maximum atomic E-state index is 3.83. The largest absolute Gasteiger partial charge is 0.385 e. The summed E-state index contributed by atoms with van der Waals surface area (Å²) in [6.45, 7) is 20.9. The fraction of sp³-hybridized carbons (Fsp3) is 0.280. The molecule has 0 radical (unpaired) electrons. The lowest BCUT2D eigenvalue weighted by Gasteiger charge is -2.08. The minimum atomic E-state index is 0.994. The molecule has 1 aliphatic heterocycles. The molecule has 0 saturated heterocycles. The van der Waals surface area contributed by atoms with Gasteiger partial charge in [0.25, 0.3) is 0 Å². The normalized spacial score (nSPS) is 13.2. The molecule has 140 valence electrons. The van der Waals surface area contributed by atoms with E-state index >= 15 is 0 Å². The van der Waals surface area contributed by atoms with Crippen LogP contribution < -0.4 is 5.32 Å². The lowest BCUT2D eigenvalue weighted by atomic mass is 10.1. The molecule has 0 saturated carbocycles. The molecule has 26 heavy (non-hydrogen) atoms. The molecule has 1 heterocycles. The van der Waals surface area contributed by atoms with Crippen LogP contribution in [0.3, 0.4) is 0 Å². The summed E-state index contributed by atoms with van der Waals surface area (Å²) in [7, 11) is 0. The summed E-state index contributed by atoms with van der Waals surface area (Å²) in [6, 6.07) is 10.2. The summed E-state index contributed by atoms with van der Waals surface area (Å²) >= 11 is 0. The highest BCUT2D eigenvalue weighted by Gasteiger charge is 1.92. The molecular formula is C25H35N. The van der Waals surface area contributed by atoms with E-state index in [1.165, 1.54) is 22.4 Å². The summed E-state index contributed by atoms with van der Waals surface area (Å²) in [4.78, 5) is 0. The van der Waals surface area contributed by atoms with Crippen LogP contribution in [0.2, 0.25) is 0 Å². The summed E-state index contributed by atoms with van der Waals surface area (Å²) in [5.74, 6) is 0. The molecule has 1 aromatic rings. The van der Waals surface area contributed by atoms with Crippen molar-refractivity contribution in [1.82, 2.24) is 5.32 Å². The van der Waals surface area contributed by atoms with E-state index in [1.807, 2.05) is 51.1 Å². The van der Waals surface area contributed by atoms with Crippen molar-refractivity contribution in [3.05, 3.63) is 102 Å². The van der Waals surface area contributed by atoms with Crippen molar-refractivity contribution >= 4 is 5.57 Å². The Morgan fingerprint density at radius 1 is 1.04 bits per heavy atom. The number of hydrogen-bond donors (Lipinski definition) is 1. The molecule has 0 spiro atoms. The summed E-state index contributed by atoms with van der Waals surface area (Å²) in [6.07, 6.45) is 10.4. The van der Waals surface area contributed by atoms with Crippen LogP contribution >= 0.6 is 0 Å². The monoisotopic (exact) mass is 349 g/mol. The number of benzene rings is 1. The Morgan fingerprint density at radius 2 is 1.65 bits per heavy atom. The molecule has 1 N–H and O–H groups in total. The highest BCUT2D eigenvalue weighted by atomic mass is 14.9. The molecule has 0 unspecified atom stereocenters. The second-order valence-corrected chi connectivity index (χ2v) is 6.46. The summed E-state index contributed by atoms with van der Waals surface area (Å²) < 4.78 is 0. The number of rotatable bonds is 3. The van der Waals surface area contributed by atoms with E-state index in [0.29, 0.717) is 0 Å². The van der Waals surface area contributed by atoms with Crippen molar-refractivity contribution < 1.29 is 0 Å². The van der Waals surface area contributed by atoms with Gasteiger partial charge in [-0.1, -0.05) is 84.5 Å². The fourth-order valence-corrected chi connectivity index (χ4v) is 1.93. The molecule has 0 atom stereocenters. The van der Waals surface area contributed by atoms with Gasteiger partial charge in [-0.25, -0.2) is 0 Å². The van der Waals surface area contributed by atoms with E-state index in [4.69, 9.17) is 0 Å². The molecule has 0 aromatic heterocycles. The van der Waals surface area contributed by atoms with Crippen molar-refractivity contribution in [3.8, 4) is 0 Å². The molecule has 1 heteroatoms. The Hall–Kier alpha value is -2.54. The zero-order valence-corrected chi connectivity index (χ0v) is 17.4. The van der Waals surface area contributed by atoms with Crippen molar-refractivity contribution in [2.75, 3.05) is 6.54 Å². The van der Waals surface area contributed by atoms with Gasteiger partial charge >= 0.3 is 0 Å². The smallest absolute Gasteiger partial charge is 0.0333 e. The molecule has 0 amide bonds. The van der Waals surface area contributed by atoms with Gasteiger partial charge in [0.1, 0.15) is 0 Å². The third-order valence-electron chi connectivity index (χ3n) is 3.73.